The van der Waals surface area contributed by atoms with E-state index in [9.17, 15) is 9.59 Å². The first-order chi connectivity index (χ1) is 15.9. The summed E-state index contributed by atoms with van der Waals surface area (Å²) in [7, 11) is 3.95. The summed E-state index contributed by atoms with van der Waals surface area (Å²) < 4.78 is 12.9. The van der Waals surface area contributed by atoms with E-state index in [-0.39, 0.29) is 18.4 Å². The molecule has 0 aliphatic carbocycles. The van der Waals surface area contributed by atoms with Gasteiger partial charge in [0.25, 0.3) is 5.91 Å². The largest absolute Gasteiger partial charge is 0.480 e. The second-order valence-corrected chi connectivity index (χ2v) is 11.0. The topological polar surface area (TPSA) is 71.1 Å². The van der Waals surface area contributed by atoms with Gasteiger partial charge in [0.2, 0.25) is 6.23 Å². The van der Waals surface area contributed by atoms with Gasteiger partial charge in [0, 0.05) is 36.3 Å². The van der Waals surface area contributed by atoms with Crippen LogP contribution in [0.5, 0.6) is 5.75 Å². The van der Waals surface area contributed by atoms with Gasteiger partial charge in [-0.15, -0.1) is 0 Å². The fraction of sp³-hybridized carbons (Fsp3) is 0.462. The fourth-order valence-electron chi connectivity index (χ4n) is 3.70. The Morgan fingerprint density at radius 3 is 2.38 bits per heavy atom. The van der Waals surface area contributed by atoms with E-state index < -0.39 is 24.0 Å². The van der Waals surface area contributed by atoms with Crippen LogP contribution in [-0.4, -0.2) is 42.6 Å². The van der Waals surface area contributed by atoms with Crippen molar-refractivity contribution < 1.29 is 19.1 Å². The third-order valence-corrected chi connectivity index (χ3v) is 5.90. The number of amides is 2. The quantitative estimate of drug-likeness (QED) is 0.552. The lowest BCUT2D eigenvalue weighted by Gasteiger charge is -2.32. The van der Waals surface area contributed by atoms with Crippen molar-refractivity contribution in [1.82, 2.24) is 10.2 Å². The number of alkyl carbamates (subject to hydrolysis) is 1. The maximum absolute atomic E-state index is 13.8. The van der Waals surface area contributed by atoms with E-state index >= 15 is 0 Å². The smallest absolute Gasteiger partial charge is 0.409 e. The lowest BCUT2D eigenvalue weighted by atomic mass is 10.1. The maximum atomic E-state index is 13.8. The van der Waals surface area contributed by atoms with Gasteiger partial charge in [-0.2, -0.15) is 0 Å². The molecule has 0 saturated heterocycles. The summed E-state index contributed by atoms with van der Waals surface area (Å²) >= 11 is 3.51. The highest BCUT2D eigenvalue weighted by molar-refractivity contribution is 9.10. The number of benzene rings is 2. The van der Waals surface area contributed by atoms with Gasteiger partial charge in [0.1, 0.15) is 5.75 Å². The molecule has 184 valence electrons. The molecule has 1 N–H and O–H groups in total. The first kappa shape index (κ1) is 25.9. The number of carbonyl (C=O) groups is 2. The van der Waals surface area contributed by atoms with Crippen LogP contribution >= 0.6 is 15.9 Å². The molecule has 0 aromatic heterocycles. The Morgan fingerprint density at radius 1 is 1.18 bits per heavy atom. The van der Waals surface area contributed by atoms with Gasteiger partial charge < -0.3 is 19.7 Å². The van der Waals surface area contributed by atoms with Gasteiger partial charge in [-0.25, -0.2) is 4.79 Å². The van der Waals surface area contributed by atoms with Crippen LogP contribution in [0.2, 0.25) is 0 Å². The van der Waals surface area contributed by atoms with Crippen molar-refractivity contribution in [2.75, 3.05) is 19.0 Å². The van der Waals surface area contributed by atoms with Gasteiger partial charge in [0.05, 0.1) is 5.56 Å². The second-order valence-electron chi connectivity index (χ2n) is 10.1. The van der Waals surface area contributed by atoms with Crippen LogP contribution in [-0.2, 0) is 16.1 Å². The Balaban J connectivity index is 2.06. The molecule has 1 aliphatic rings. The average Bonchev–Trinajstić information content (AvgIpc) is 2.83. The maximum Gasteiger partial charge on any atom is 0.409 e. The van der Waals surface area contributed by atoms with Crippen LogP contribution in [0.15, 0.2) is 46.9 Å². The zero-order chi connectivity index (χ0) is 25.2. The molecule has 0 radical (unpaired) electrons. The normalized spacial score (nSPS) is 18.1. The van der Waals surface area contributed by atoms with Crippen LogP contribution in [0.25, 0.3) is 0 Å². The number of fused-ring (bicyclic) bond motifs is 1. The molecule has 8 heteroatoms. The van der Waals surface area contributed by atoms with Crippen molar-refractivity contribution in [3.05, 3.63) is 58.1 Å². The zero-order valence-electron chi connectivity index (χ0n) is 20.9. The number of nitrogens with one attached hydrogen (secondary N) is 1. The minimum atomic E-state index is -0.959. The monoisotopic (exact) mass is 531 g/mol. The van der Waals surface area contributed by atoms with Crippen molar-refractivity contribution in [3.63, 3.8) is 0 Å². The highest BCUT2D eigenvalue weighted by atomic mass is 79.9. The van der Waals surface area contributed by atoms with Crippen molar-refractivity contribution in [2.24, 2.45) is 5.92 Å². The summed E-state index contributed by atoms with van der Waals surface area (Å²) in [4.78, 5) is 30.2. The molecular formula is C26H34BrN3O4. The Hall–Kier alpha value is -2.74. The number of carbonyl (C=O) groups excluding carboxylic acids is 2. The molecule has 0 spiro atoms. The molecule has 3 rings (SSSR count). The van der Waals surface area contributed by atoms with E-state index in [4.69, 9.17) is 9.47 Å². The van der Waals surface area contributed by atoms with Gasteiger partial charge in [-0.3, -0.25) is 9.69 Å². The molecule has 34 heavy (non-hydrogen) atoms. The van der Waals surface area contributed by atoms with Crippen LogP contribution < -0.4 is 15.0 Å². The average molecular weight is 532 g/mol. The van der Waals surface area contributed by atoms with Gasteiger partial charge in [-0.05, 0) is 62.6 Å². The summed E-state index contributed by atoms with van der Waals surface area (Å²) in [6, 6.07) is 13.4. The number of rotatable bonds is 5. The fourth-order valence-corrected chi connectivity index (χ4v) is 4.07. The first-order valence-electron chi connectivity index (χ1n) is 11.4. The van der Waals surface area contributed by atoms with Gasteiger partial charge in [0.15, 0.2) is 6.10 Å². The molecule has 0 bridgehead atoms. The van der Waals surface area contributed by atoms with E-state index in [2.05, 4.69) is 21.2 Å². The second kappa shape index (κ2) is 10.3. The minimum absolute atomic E-state index is 0.0789. The molecule has 2 aromatic rings. The predicted molar refractivity (Wildman–Crippen MR) is 137 cm³/mol. The Morgan fingerprint density at radius 2 is 1.82 bits per heavy atom. The highest BCUT2D eigenvalue weighted by Gasteiger charge is 2.41. The van der Waals surface area contributed by atoms with E-state index in [1.165, 1.54) is 0 Å². The number of nitrogens with zero attached hydrogens (tertiary/aromatic N) is 2. The standard InChI is InChI=1S/C26H34BrN3O4/c1-16(2)22-23(31)30(15-17-8-11-19(12-9-17)29(6)7)24(34-25(32)28-26(3,4)5)20-14-18(27)10-13-21(20)33-22/h8-14,16,22,24H,15H2,1-7H3,(H,28,32). The van der Waals surface area contributed by atoms with Crippen molar-refractivity contribution in [3.8, 4) is 5.75 Å². The van der Waals surface area contributed by atoms with Crippen LogP contribution in [0, 0.1) is 5.92 Å². The molecule has 2 atom stereocenters. The molecule has 2 amide bonds. The Bertz CT molecular complexity index is 1030. The van der Waals surface area contributed by atoms with Crippen molar-refractivity contribution >= 4 is 33.6 Å². The Labute approximate surface area is 210 Å². The van der Waals surface area contributed by atoms with E-state index in [0.717, 1.165) is 15.7 Å². The SMILES string of the molecule is CC(C)C1Oc2ccc(Br)cc2C(OC(=O)NC(C)(C)C)N(Cc2ccc(N(C)C)cc2)C1=O. The van der Waals surface area contributed by atoms with E-state index in [1.54, 1.807) is 11.0 Å². The van der Waals surface area contributed by atoms with Crippen molar-refractivity contribution in [2.45, 2.75) is 59.0 Å². The van der Waals surface area contributed by atoms with E-state index in [0.29, 0.717) is 11.3 Å². The summed E-state index contributed by atoms with van der Waals surface area (Å²) in [6.07, 6.45) is -2.27. The summed E-state index contributed by atoms with van der Waals surface area (Å²) in [6.45, 7) is 9.77. The van der Waals surface area contributed by atoms with Crippen LogP contribution in [0.3, 0.4) is 0 Å². The minimum Gasteiger partial charge on any atom is -0.480 e. The molecule has 2 aromatic carbocycles. The molecule has 0 saturated carbocycles. The summed E-state index contributed by atoms with van der Waals surface area (Å²) in [5, 5.41) is 2.83. The first-order valence-corrected chi connectivity index (χ1v) is 12.2. The number of ether oxygens (including phenoxy) is 2. The van der Waals surface area contributed by atoms with Gasteiger partial charge >= 0.3 is 6.09 Å². The molecule has 2 unspecified atom stereocenters. The number of anilines is 1. The van der Waals surface area contributed by atoms with Gasteiger partial charge in [-0.1, -0.05) is 41.9 Å². The molecule has 0 fully saturated rings. The number of halogens is 1. The molecule has 7 nitrogen and oxygen atoms in total. The van der Waals surface area contributed by atoms with Crippen LogP contribution in [0.1, 0.15) is 52.0 Å². The lowest BCUT2D eigenvalue weighted by Crippen LogP contribution is -2.47. The van der Waals surface area contributed by atoms with Crippen molar-refractivity contribution in [1.29, 1.82) is 0 Å². The molecule has 1 aliphatic heterocycles. The molecular weight excluding hydrogens is 498 g/mol. The van der Waals surface area contributed by atoms with Crippen LogP contribution in [0.4, 0.5) is 10.5 Å². The third-order valence-electron chi connectivity index (χ3n) is 5.41. The predicted octanol–water partition coefficient (Wildman–Crippen LogP) is 5.48. The third kappa shape index (κ3) is 6.23. The molecule has 1 heterocycles. The zero-order valence-corrected chi connectivity index (χ0v) is 22.5. The summed E-state index contributed by atoms with van der Waals surface area (Å²) in [5.41, 5.74) is 2.10. The lowest BCUT2D eigenvalue weighted by molar-refractivity contribution is -0.150. The number of hydrogen-bond acceptors (Lipinski definition) is 5. The van der Waals surface area contributed by atoms with E-state index in [1.807, 2.05) is 90.0 Å². The Kier molecular flexibility index (Phi) is 7.81. The number of hydrogen-bond donors (Lipinski definition) is 1. The summed E-state index contributed by atoms with van der Waals surface area (Å²) in [5.74, 6) is 0.214. The highest BCUT2D eigenvalue weighted by Crippen LogP contribution is 2.39.